The Hall–Kier alpha value is -8.52. The second kappa shape index (κ2) is 16.6. The van der Waals surface area contributed by atoms with Gasteiger partial charge in [-0.2, -0.15) is 0 Å². The molecule has 13 rings (SSSR count). The Kier molecular flexibility index (Phi) is 9.94. The zero-order valence-corrected chi connectivity index (χ0v) is 40.6. The van der Waals surface area contributed by atoms with Crippen molar-refractivity contribution in [3.63, 3.8) is 0 Å². The van der Waals surface area contributed by atoms with Crippen LogP contribution in [0.5, 0.6) is 0 Å². The van der Waals surface area contributed by atoms with Crippen LogP contribution in [0.3, 0.4) is 0 Å². The van der Waals surface area contributed by atoms with Crippen LogP contribution in [0, 0.1) is 0 Å². The molecule has 0 spiro atoms. The smallest absolute Gasteiger partial charge is 0.0540 e. The number of nitrogens with zero attached hydrogens (tertiary/aromatic N) is 1. The first kappa shape index (κ1) is 42.6. The van der Waals surface area contributed by atoms with Gasteiger partial charge in [0.15, 0.2) is 0 Å². The van der Waals surface area contributed by atoms with E-state index in [-0.39, 0.29) is 10.8 Å². The van der Waals surface area contributed by atoms with Crippen LogP contribution in [0.2, 0.25) is 0 Å². The largest absolute Gasteiger partial charge is 0.310 e. The van der Waals surface area contributed by atoms with Crippen LogP contribution < -0.4 is 4.90 Å². The van der Waals surface area contributed by atoms with Gasteiger partial charge in [-0.3, -0.25) is 0 Å². The van der Waals surface area contributed by atoms with E-state index in [9.17, 15) is 0 Å². The minimum Gasteiger partial charge on any atom is -0.310 e. The van der Waals surface area contributed by atoms with Gasteiger partial charge >= 0.3 is 0 Å². The van der Waals surface area contributed by atoms with Crippen LogP contribution >= 0.6 is 0 Å². The van der Waals surface area contributed by atoms with Crippen LogP contribution in [0.1, 0.15) is 49.9 Å². The molecule has 11 aromatic carbocycles. The van der Waals surface area contributed by atoms with Gasteiger partial charge in [0, 0.05) is 27.8 Å². The van der Waals surface area contributed by atoms with E-state index in [4.69, 9.17) is 0 Å². The summed E-state index contributed by atoms with van der Waals surface area (Å²) in [6.45, 7) is 9.47. The zero-order valence-electron chi connectivity index (χ0n) is 40.6. The number of para-hydroxylation sites is 1. The fourth-order valence-electron chi connectivity index (χ4n) is 12.2. The third kappa shape index (κ3) is 6.91. The molecule has 1 heteroatoms. The topological polar surface area (TPSA) is 3.24 Å². The van der Waals surface area contributed by atoms with E-state index in [0.29, 0.717) is 0 Å². The minimum absolute atomic E-state index is 0.0674. The van der Waals surface area contributed by atoms with Gasteiger partial charge in [0.1, 0.15) is 0 Å². The SMILES string of the molecule is CC1(C)c2ccccc2-c2ccc(-c3ccc(N(c4ccc(-c5ccccc5-c5cccc6c5C(C)(C)c5ccccc5-6)cc4)c4ccccc4-c4cccc5ccc(-c6ccccc6)cc45)cc3)cc21. The quantitative estimate of drug-likeness (QED) is 0.147. The van der Waals surface area contributed by atoms with Gasteiger partial charge in [-0.25, -0.2) is 0 Å². The molecule has 338 valence electrons. The summed E-state index contributed by atoms with van der Waals surface area (Å²) in [5.41, 5.74) is 26.2. The standard InChI is InChI=1S/C70H53N/c1-69(2)64-29-13-10-23-57(64)59-43-38-51(45-66(59)69)47-34-39-52(40-35-47)71(67-31-15-12-25-60(67)56-26-16-20-48-32-33-50(44-63(48)56)46-18-6-5-7-19-46)53-41-36-49(37-42-53)54-21-8-9-22-55(54)61-27-17-28-62-58-24-11-14-30-65(58)70(3,4)68(61)62/h5-45H,1-4H3. The highest BCUT2D eigenvalue weighted by molar-refractivity contribution is 6.03. The van der Waals surface area contributed by atoms with Crippen LogP contribution in [0.25, 0.3) is 88.7 Å². The highest BCUT2D eigenvalue weighted by Gasteiger charge is 2.38. The maximum absolute atomic E-state index is 2.45. The van der Waals surface area contributed by atoms with Crippen molar-refractivity contribution in [1.82, 2.24) is 0 Å². The van der Waals surface area contributed by atoms with E-state index in [2.05, 4.69) is 281 Å². The number of benzene rings is 11. The van der Waals surface area contributed by atoms with Crippen molar-refractivity contribution in [3.05, 3.63) is 271 Å². The number of rotatable bonds is 8. The van der Waals surface area contributed by atoms with Crippen LogP contribution in [-0.4, -0.2) is 0 Å². The Morgan fingerprint density at radius 3 is 1.45 bits per heavy atom. The molecule has 0 aromatic heterocycles. The monoisotopic (exact) mass is 907 g/mol. The van der Waals surface area contributed by atoms with Gasteiger partial charge in [0.25, 0.3) is 0 Å². The Morgan fingerprint density at radius 2 is 0.732 bits per heavy atom. The first-order valence-electron chi connectivity index (χ1n) is 25.0. The van der Waals surface area contributed by atoms with E-state index in [1.807, 2.05) is 0 Å². The van der Waals surface area contributed by atoms with Gasteiger partial charge in [0.05, 0.1) is 5.69 Å². The highest BCUT2D eigenvalue weighted by atomic mass is 15.1. The first-order valence-corrected chi connectivity index (χ1v) is 25.0. The summed E-state index contributed by atoms with van der Waals surface area (Å²) in [6.07, 6.45) is 0. The van der Waals surface area contributed by atoms with Crippen molar-refractivity contribution < 1.29 is 0 Å². The Balaban J connectivity index is 0.934. The highest BCUT2D eigenvalue weighted by Crippen LogP contribution is 2.54. The summed E-state index contributed by atoms with van der Waals surface area (Å²) in [7, 11) is 0. The van der Waals surface area contributed by atoms with Gasteiger partial charge < -0.3 is 4.90 Å². The molecule has 2 aliphatic rings. The fraction of sp³-hybridized carbons (Fsp3) is 0.0857. The number of fused-ring (bicyclic) bond motifs is 7. The molecular formula is C70H53N. The molecule has 0 bridgehead atoms. The van der Waals surface area contributed by atoms with Crippen molar-refractivity contribution in [2.45, 2.75) is 38.5 Å². The predicted molar refractivity (Wildman–Crippen MR) is 301 cm³/mol. The molecule has 0 N–H and O–H groups in total. The lowest BCUT2D eigenvalue weighted by Crippen LogP contribution is -2.16. The normalized spacial score (nSPS) is 13.6. The third-order valence-corrected chi connectivity index (χ3v) is 15.7. The van der Waals surface area contributed by atoms with Crippen molar-refractivity contribution >= 4 is 27.8 Å². The lowest BCUT2D eigenvalue weighted by atomic mass is 9.78. The van der Waals surface area contributed by atoms with Gasteiger partial charge in [0.2, 0.25) is 0 Å². The van der Waals surface area contributed by atoms with Crippen molar-refractivity contribution in [3.8, 4) is 77.9 Å². The maximum atomic E-state index is 2.45. The van der Waals surface area contributed by atoms with E-state index in [1.54, 1.807) is 0 Å². The van der Waals surface area contributed by atoms with Gasteiger partial charge in [-0.1, -0.05) is 234 Å². The molecule has 0 unspecified atom stereocenters. The van der Waals surface area contributed by atoms with Crippen molar-refractivity contribution in [2.75, 3.05) is 4.90 Å². The molecule has 11 aromatic rings. The summed E-state index contributed by atoms with van der Waals surface area (Å²) < 4.78 is 0. The third-order valence-electron chi connectivity index (χ3n) is 15.7. The Morgan fingerprint density at radius 1 is 0.268 bits per heavy atom. The molecule has 0 aliphatic heterocycles. The summed E-state index contributed by atoms with van der Waals surface area (Å²) in [5.74, 6) is 0. The molecule has 0 fully saturated rings. The Bertz CT molecular complexity index is 3850. The molecular weight excluding hydrogens is 855 g/mol. The first-order chi connectivity index (χ1) is 34.7. The average molecular weight is 908 g/mol. The van der Waals surface area contributed by atoms with Gasteiger partial charge in [-0.15, -0.1) is 0 Å². The second-order valence-electron chi connectivity index (χ2n) is 20.4. The molecule has 0 saturated carbocycles. The lowest BCUT2D eigenvalue weighted by Gasteiger charge is -2.29. The number of hydrogen-bond acceptors (Lipinski definition) is 1. The number of hydrogen-bond donors (Lipinski definition) is 0. The Labute approximate surface area is 418 Å². The van der Waals surface area contributed by atoms with Crippen LogP contribution in [-0.2, 0) is 10.8 Å². The molecule has 1 nitrogen and oxygen atoms in total. The average Bonchev–Trinajstić information content (AvgIpc) is 3.80. The fourth-order valence-corrected chi connectivity index (χ4v) is 12.2. The summed E-state index contributed by atoms with van der Waals surface area (Å²) in [5, 5.41) is 2.44. The molecule has 71 heavy (non-hydrogen) atoms. The van der Waals surface area contributed by atoms with Crippen LogP contribution in [0.15, 0.2) is 249 Å². The molecule has 0 radical (unpaired) electrons. The van der Waals surface area contributed by atoms with Crippen molar-refractivity contribution in [1.29, 1.82) is 0 Å². The van der Waals surface area contributed by atoms with Crippen LogP contribution in [0.4, 0.5) is 17.1 Å². The van der Waals surface area contributed by atoms with E-state index in [1.165, 1.54) is 111 Å². The minimum atomic E-state index is -0.126. The predicted octanol–water partition coefficient (Wildman–Crippen LogP) is 19.3. The summed E-state index contributed by atoms with van der Waals surface area (Å²) in [4.78, 5) is 2.45. The lowest BCUT2D eigenvalue weighted by molar-refractivity contribution is 0.660. The molecule has 0 atom stereocenters. The number of anilines is 3. The zero-order chi connectivity index (χ0) is 47.8. The molecule has 2 aliphatic carbocycles. The van der Waals surface area contributed by atoms with E-state index in [0.717, 1.165) is 17.1 Å². The molecule has 0 heterocycles. The second-order valence-corrected chi connectivity index (χ2v) is 20.4. The summed E-state index contributed by atoms with van der Waals surface area (Å²) >= 11 is 0. The van der Waals surface area contributed by atoms with E-state index < -0.39 is 0 Å². The molecule has 0 amide bonds. The maximum Gasteiger partial charge on any atom is 0.0540 e. The van der Waals surface area contributed by atoms with Gasteiger partial charge in [-0.05, 0) is 148 Å². The summed E-state index contributed by atoms with van der Waals surface area (Å²) in [6, 6.07) is 92.3. The van der Waals surface area contributed by atoms with E-state index >= 15 is 0 Å². The molecule has 0 saturated heterocycles. The van der Waals surface area contributed by atoms with Crippen molar-refractivity contribution in [2.24, 2.45) is 0 Å².